The van der Waals surface area contributed by atoms with Crippen molar-refractivity contribution in [3.63, 3.8) is 0 Å². The van der Waals surface area contributed by atoms with E-state index in [1.165, 1.54) is 13.3 Å². The van der Waals surface area contributed by atoms with E-state index in [0.29, 0.717) is 32.9 Å². The first-order chi connectivity index (χ1) is 18.1. The molecule has 0 saturated carbocycles. The fourth-order valence-electron chi connectivity index (χ4n) is 3.73. The lowest BCUT2D eigenvalue weighted by atomic mass is 10.1. The number of methoxy groups -OCH3 is 1. The summed E-state index contributed by atoms with van der Waals surface area (Å²) in [5, 5.41) is 9.28. The Kier molecular flexibility index (Phi) is 9.61. The van der Waals surface area contributed by atoms with Gasteiger partial charge in [0.25, 0.3) is 5.91 Å². The zero-order valence-corrected chi connectivity index (χ0v) is 23.4. The van der Waals surface area contributed by atoms with Crippen molar-refractivity contribution in [1.29, 1.82) is 0 Å². The molecule has 3 amide bonds. The minimum Gasteiger partial charge on any atom is -0.493 e. The fourth-order valence-corrected chi connectivity index (χ4v) is 4.31. The number of hydrogen-bond donors (Lipinski definition) is 3. The maximum absolute atomic E-state index is 12.4. The van der Waals surface area contributed by atoms with Gasteiger partial charge in [-0.3, -0.25) is 14.4 Å². The lowest BCUT2D eigenvalue weighted by molar-refractivity contribution is -0.136. The molecule has 0 saturated heterocycles. The van der Waals surface area contributed by atoms with Crippen molar-refractivity contribution in [3.05, 3.63) is 80.8 Å². The summed E-state index contributed by atoms with van der Waals surface area (Å²) in [7, 11) is 1.46. The summed E-state index contributed by atoms with van der Waals surface area (Å²) < 4.78 is 11.6. The quantitative estimate of drug-likeness (QED) is 0.201. The zero-order valence-electron chi connectivity index (χ0n) is 21.8. The van der Waals surface area contributed by atoms with Crippen molar-refractivity contribution in [1.82, 2.24) is 5.43 Å². The largest absolute Gasteiger partial charge is 0.493 e. The van der Waals surface area contributed by atoms with Gasteiger partial charge in [-0.25, -0.2) is 5.43 Å². The Bertz CT molecular complexity index is 1360. The van der Waals surface area contributed by atoms with Gasteiger partial charge in [0.15, 0.2) is 18.1 Å². The van der Waals surface area contributed by atoms with Crippen LogP contribution in [0.5, 0.6) is 11.5 Å². The molecule has 0 bridgehead atoms. The predicted molar refractivity (Wildman–Crippen MR) is 151 cm³/mol. The van der Waals surface area contributed by atoms with Crippen LogP contribution in [-0.2, 0) is 14.4 Å². The van der Waals surface area contributed by atoms with Crippen LogP contribution in [0.1, 0.15) is 27.8 Å². The average Bonchev–Trinajstić information content (AvgIpc) is 2.84. The number of benzene rings is 3. The van der Waals surface area contributed by atoms with Gasteiger partial charge in [-0.05, 0) is 95.7 Å². The van der Waals surface area contributed by atoms with Gasteiger partial charge in [0.05, 0.1) is 17.8 Å². The lowest BCUT2D eigenvalue weighted by Gasteiger charge is -2.14. The number of rotatable bonds is 8. The topological polar surface area (TPSA) is 118 Å². The maximum Gasteiger partial charge on any atom is 0.329 e. The van der Waals surface area contributed by atoms with E-state index in [0.717, 1.165) is 22.3 Å². The molecule has 0 atom stereocenters. The molecule has 10 heteroatoms. The molecule has 0 aromatic heterocycles. The number of amides is 3. The molecule has 3 aromatic carbocycles. The molecular formula is C28H29BrN4O5. The van der Waals surface area contributed by atoms with Gasteiger partial charge in [0.1, 0.15) is 0 Å². The molecule has 0 radical (unpaired) electrons. The van der Waals surface area contributed by atoms with E-state index in [4.69, 9.17) is 9.47 Å². The number of anilines is 2. The molecule has 0 aliphatic rings. The zero-order chi connectivity index (χ0) is 27.8. The highest BCUT2D eigenvalue weighted by Crippen LogP contribution is 2.36. The third-order valence-electron chi connectivity index (χ3n) is 5.41. The van der Waals surface area contributed by atoms with Crippen LogP contribution in [0, 0.1) is 27.7 Å². The Hall–Kier alpha value is -4.18. The first-order valence-electron chi connectivity index (χ1n) is 11.7. The SMILES string of the molecule is COc1cc(/C=N\NC(=O)C(=O)Nc2c(C)cccc2C)cc(Br)c1OCC(=O)Nc1cc(C)cc(C)c1. The number of aryl methyl sites for hydroxylation is 4. The van der Waals surface area contributed by atoms with Gasteiger partial charge in [0, 0.05) is 11.4 Å². The van der Waals surface area contributed by atoms with Crippen LogP contribution in [0.15, 0.2) is 58.1 Å². The number of carbonyl (C=O) groups excluding carboxylic acids is 3. The van der Waals surface area contributed by atoms with Crippen molar-refractivity contribution in [3.8, 4) is 11.5 Å². The Balaban J connectivity index is 1.60. The molecule has 0 aliphatic carbocycles. The van der Waals surface area contributed by atoms with Crippen LogP contribution in [0.3, 0.4) is 0 Å². The number of nitrogens with one attached hydrogen (secondary N) is 3. The van der Waals surface area contributed by atoms with E-state index in [1.807, 2.05) is 64.1 Å². The van der Waals surface area contributed by atoms with Crippen molar-refractivity contribution in [2.45, 2.75) is 27.7 Å². The van der Waals surface area contributed by atoms with Gasteiger partial charge in [-0.2, -0.15) is 5.10 Å². The number of para-hydroxylation sites is 1. The monoisotopic (exact) mass is 580 g/mol. The van der Waals surface area contributed by atoms with Crippen molar-refractivity contribution in [2.24, 2.45) is 5.10 Å². The summed E-state index contributed by atoms with van der Waals surface area (Å²) >= 11 is 3.42. The van der Waals surface area contributed by atoms with Crippen LogP contribution in [0.25, 0.3) is 0 Å². The Labute approximate surface area is 229 Å². The van der Waals surface area contributed by atoms with Gasteiger partial charge < -0.3 is 20.1 Å². The normalized spacial score (nSPS) is 10.7. The van der Waals surface area contributed by atoms with Crippen LogP contribution in [-0.4, -0.2) is 37.7 Å². The second kappa shape index (κ2) is 12.9. The summed E-state index contributed by atoms with van der Waals surface area (Å²) in [6, 6.07) is 14.6. The predicted octanol–water partition coefficient (Wildman–Crippen LogP) is 4.80. The Morgan fingerprint density at radius 1 is 0.921 bits per heavy atom. The van der Waals surface area contributed by atoms with Gasteiger partial charge in [-0.1, -0.05) is 24.3 Å². The van der Waals surface area contributed by atoms with E-state index < -0.39 is 11.8 Å². The Morgan fingerprint density at radius 3 is 2.21 bits per heavy atom. The summed E-state index contributed by atoms with van der Waals surface area (Å²) in [6.07, 6.45) is 1.36. The van der Waals surface area contributed by atoms with E-state index >= 15 is 0 Å². The molecule has 0 fully saturated rings. The van der Waals surface area contributed by atoms with Crippen LogP contribution < -0.4 is 25.5 Å². The Morgan fingerprint density at radius 2 is 1.58 bits per heavy atom. The number of carbonyl (C=O) groups is 3. The van der Waals surface area contributed by atoms with E-state index in [2.05, 4.69) is 37.1 Å². The number of nitrogens with zero attached hydrogens (tertiary/aromatic N) is 1. The minimum atomic E-state index is -0.912. The summed E-state index contributed by atoms with van der Waals surface area (Å²) in [4.78, 5) is 36.9. The van der Waals surface area contributed by atoms with E-state index in [9.17, 15) is 14.4 Å². The molecule has 3 rings (SSSR count). The second-order valence-electron chi connectivity index (χ2n) is 8.67. The highest BCUT2D eigenvalue weighted by molar-refractivity contribution is 9.10. The van der Waals surface area contributed by atoms with Crippen LogP contribution in [0.2, 0.25) is 0 Å². The average molecular weight is 581 g/mol. The first kappa shape index (κ1) is 28.4. The number of hydrogen-bond acceptors (Lipinski definition) is 6. The first-order valence-corrected chi connectivity index (χ1v) is 12.5. The third kappa shape index (κ3) is 7.66. The molecule has 3 aromatic rings. The van der Waals surface area contributed by atoms with Gasteiger partial charge >= 0.3 is 11.8 Å². The minimum absolute atomic E-state index is 0.235. The molecule has 0 heterocycles. The molecule has 3 N–H and O–H groups in total. The molecule has 38 heavy (non-hydrogen) atoms. The molecule has 0 spiro atoms. The smallest absolute Gasteiger partial charge is 0.329 e. The van der Waals surface area contributed by atoms with Gasteiger partial charge in [-0.15, -0.1) is 0 Å². The number of ether oxygens (including phenoxy) is 2. The number of halogens is 1. The fraction of sp³-hybridized carbons (Fsp3) is 0.214. The van der Waals surface area contributed by atoms with Crippen molar-refractivity contribution in [2.75, 3.05) is 24.4 Å². The molecule has 198 valence electrons. The molecule has 9 nitrogen and oxygen atoms in total. The van der Waals surface area contributed by atoms with Gasteiger partial charge in [0.2, 0.25) is 0 Å². The van der Waals surface area contributed by atoms with E-state index in [1.54, 1.807) is 12.1 Å². The summed E-state index contributed by atoms with van der Waals surface area (Å²) in [5.74, 6) is -1.39. The standard InChI is InChI=1S/C28H29BrN4O5/c1-16-9-17(2)11-21(10-16)31-24(34)15-38-26-22(29)12-20(13-23(26)37-5)14-30-33-28(36)27(35)32-25-18(3)7-6-8-19(25)4/h6-14H,15H2,1-5H3,(H,31,34)(H,32,35)(H,33,36)/b30-14-. The van der Waals surface area contributed by atoms with Crippen molar-refractivity contribution < 1.29 is 23.9 Å². The van der Waals surface area contributed by atoms with Crippen LogP contribution >= 0.6 is 15.9 Å². The summed E-state index contributed by atoms with van der Waals surface area (Å²) in [6.45, 7) is 7.36. The van der Waals surface area contributed by atoms with Crippen molar-refractivity contribution >= 4 is 51.2 Å². The summed E-state index contributed by atoms with van der Waals surface area (Å²) in [5.41, 5.74) is 7.82. The number of hydrazone groups is 1. The lowest BCUT2D eigenvalue weighted by Crippen LogP contribution is -2.32. The van der Waals surface area contributed by atoms with E-state index in [-0.39, 0.29) is 12.5 Å². The molecular weight excluding hydrogens is 552 g/mol. The highest BCUT2D eigenvalue weighted by atomic mass is 79.9. The molecule has 0 aliphatic heterocycles. The maximum atomic E-state index is 12.4. The van der Waals surface area contributed by atoms with Crippen LogP contribution in [0.4, 0.5) is 11.4 Å². The molecule has 0 unspecified atom stereocenters. The third-order valence-corrected chi connectivity index (χ3v) is 6.00. The highest BCUT2D eigenvalue weighted by Gasteiger charge is 2.16. The second-order valence-corrected chi connectivity index (χ2v) is 9.52.